The molecule has 7 heteroatoms. The first kappa shape index (κ1) is 23.3. The van der Waals surface area contributed by atoms with Crippen molar-refractivity contribution in [3.05, 3.63) is 59.7 Å². The molecule has 0 aliphatic carbocycles. The molecule has 168 valence electrons. The summed E-state index contributed by atoms with van der Waals surface area (Å²) >= 11 is 0. The molecule has 3 rings (SSSR count). The fourth-order valence-electron chi connectivity index (χ4n) is 3.94. The molecule has 1 fully saturated rings. The second-order valence-corrected chi connectivity index (χ2v) is 10.2. The number of ether oxygens (including phenoxy) is 1. The molecule has 0 spiro atoms. The third kappa shape index (κ3) is 5.86. The van der Waals surface area contributed by atoms with Crippen molar-refractivity contribution in [2.45, 2.75) is 50.5 Å². The molecule has 1 aliphatic rings. The van der Waals surface area contributed by atoms with E-state index in [-0.39, 0.29) is 22.8 Å². The van der Waals surface area contributed by atoms with Gasteiger partial charge in [0.05, 0.1) is 7.11 Å². The van der Waals surface area contributed by atoms with E-state index in [1.807, 2.05) is 38.1 Å². The zero-order chi connectivity index (χ0) is 22.4. The van der Waals surface area contributed by atoms with E-state index in [1.165, 1.54) is 17.0 Å². The van der Waals surface area contributed by atoms with Gasteiger partial charge in [0.1, 0.15) is 10.6 Å². The Hall–Kier alpha value is -2.38. The number of hydrogen-bond donors (Lipinski definition) is 1. The molecule has 1 heterocycles. The summed E-state index contributed by atoms with van der Waals surface area (Å²) in [6, 6.07) is 15.4. The lowest BCUT2D eigenvalue weighted by molar-refractivity contribution is -0.126. The predicted molar refractivity (Wildman–Crippen MR) is 122 cm³/mol. The number of carbonyl (C=O) groups is 1. The molecule has 1 aliphatic heterocycles. The molecule has 0 bridgehead atoms. The Morgan fingerprint density at radius 1 is 1.16 bits per heavy atom. The molecule has 0 aromatic heterocycles. The minimum absolute atomic E-state index is 0.0192. The van der Waals surface area contributed by atoms with Crippen molar-refractivity contribution in [3.63, 3.8) is 0 Å². The quantitative estimate of drug-likeness (QED) is 0.676. The van der Waals surface area contributed by atoms with Gasteiger partial charge in [0, 0.05) is 25.0 Å². The third-order valence-electron chi connectivity index (χ3n) is 5.86. The van der Waals surface area contributed by atoms with Crippen LogP contribution in [-0.4, -0.2) is 44.9 Å². The van der Waals surface area contributed by atoms with Crippen LogP contribution in [0.1, 0.15) is 37.3 Å². The van der Waals surface area contributed by atoms with Crippen molar-refractivity contribution in [1.29, 1.82) is 0 Å². The van der Waals surface area contributed by atoms with Crippen molar-refractivity contribution in [2.75, 3.05) is 20.2 Å². The molecule has 1 saturated heterocycles. The van der Waals surface area contributed by atoms with Crippen LogP contribution >= 0.6 is 0 Å². The summed E-state index contributed by atoms with van der Waals surface area (Å²) in [7, 11) is -2.19. The summed E-state index contributed by atoms with van der Waals surface area (Å²) in [6.07, 6.45) is 2.82. The van der Waals surface area contributed by atoms with Crippen LogP contribution in [0.4, 0.5) is 0 Å². The molecule has 31 heavy (non-hydrogen) atoms. The van der Waals surface area contributed by atoms with E-state index >= 15 is 0 Å². The Labute approximate surface area is 185 Å². The SMILES string of the molecule is COc1ccc(C)cc1S(=O)(=O)N1CCC(C(=O)N[C@H](C)CCc2ccccc2)CC1. The van der Waals surface area contributed by atoms with Crippen molar-refractivity contribution in [2.24, 2.45) is 5.92 Å². The number of aryl methyl sites for hydroxylation is 2. The molecule has 0 radical (unpaired) electrons. The fraction of sp³-hybridized carbons (Fsp3) is 0.458. The number of nitrogens with one attached hydrogen (secondary N) is 1. The number of benzene rings is 2. The molecule has 2 aromatic rings. The Bertz CT molecular complexity index is 984. The van der Waals surface area contributed by atoms with Crippen LogP contribution < -0.4 is 10.1 Å². The first-order chi connectivity index (χ1) is 14.8. The van der Waals surface area contributed by atoms with Gasteiger partial charge in [-0.3, -0.25) is 4.79 Å². The molecule has 6 nitrogen and oxygen atoms in total. The maximum Gasteiger partial charge on any atom is 0.246 e. The summed E-state index contributed by atoms with van der Waals surface area (Å²) in [5, 5.41) is 3.10. The highest BCUT2D eigenvalue weighted by molar-refractivity contribution is 7.89. The smallest absolute Gasteiger partial charge is 0.246 e. The van der Waals surface area contributed by atoms with Gasteiger partial charge in [-0.25, -0.2) is 8.42 Å². The zero-order valence-electron chi connectivity index (χ0n) is 18.5. The summed E-state index contributed by atoms with van der Waals surface area (Å²) in [5.41, 5.74) is 2.12. The number of rotatable bonds is 8. The van der Waals surface area contributed by atoms with Crippen LogP contribution in [0.5, 0.6) is 5.75 Å². The van der Waals surface area contributed by atoms with Gasteiger partial charge in [0.2, 0.25) is 15.9 Å². The van der Waals surface area contributed by atoms with Crippen LogP contribution in [0.25, 0.3) is 0 Å². The molecular formula is C24H32N2O4S. The van der Waals surface area contributed by atoms with E-state index in [4.69, 9.17) is 4.74 Å². The van der Waals surface area contributed by atoms with Gasteiger partial charge in [-0.2, -0.15) is 4.31 Å². The van der Waals surface area contributed by atoms with Crippen molar-refractivity contribution in [3.8, 4) is 5.75 Å². The average molecular weight is 445 g/mol. The van der Waals surface area contributed by atoms with Gasteiger partial charge in [-0.1, -0.05) is 36.4 Å². The van der Waals surface area contributed by atoms with Crippen molar-refractivity contribution >= 4 is 15.9 Å². The largest absolute Gasteiger partial charge is 0.495 e. The standard InChI is InChI=1S/C24H32N2O4S/c1-18-9-12-22(30-3)23(17-18)31(28,29)26-15-13-21(14-16-26)24(27)25-19(2)10-11-20-7-5-4-6-8-20/h4-9,12,17,19,21H,10-11,13-16H2,1-3H3,(H,25,27)/t19-/m1/s1. The normalized spacial score (nSPS) is 16.6. The van der Waals surface area contributed by atoms with E-state index in [1.54, 1.807) is 12.1 Å². The van der Waals surface area contributed by atoms with Gasteiger partial charge in [0.15, 0.2) is 0 Å². The number of carbonyl (C=O) groups excluding carboxylic acids is 1. The summed E-state index contributed by atoms with van der Waals surface area (Å²) in [5.74, 6) is 0.202. The first-order valence-corrected chi connectivity index (χ1v) is 12.2. The highest BCUT2D eigenvalue weighted by Crippen LogP contribution is 2.30. The van der Waals surface area contributed by atoms with E-state index < -0.39 is 10.0 Å². The van der Waals surface area contributed by atoms with E-state index in [0.29, 0.717) is 31.7 Å². The number of methoxy groups -OCH3 is 1. The molecule has 1 N–H and O–H groups in total. The maximum atomic E-state index is 13.1. The second-order valence-electron chi connectivity index (χ2n) is 8.27. The van der Waals surface area contributed by atoms with E-state index in [9.17, 15) is 13.2 Å². The molecule has 1 atom stereocenters. The zero-order valence-corrected chi connectivity index (χ0v) is 19.3. The van der Waals surface area contributed by atoms with E-state index in [2.05, 4.69) is 17.4 Å². The molecule has 2 aromatic carbocycles. The van der Waals surface area contributed by atoms with Gasteiger partial charge in [-0.15, -0.1) is 0 Å². The van der Waals surface area contributed by atoms with Crippen molar-refractivity contribution in [1.82, 2.24) is 9.62 Å². The summed E-state index contributed by atoms with van der Waals surface area (Å²) in [6.45, 7) is 4.53. The Morgan fingerprint density at radius 2 is 1.84 bits per heavy atom. The van der Waals surface area contributed by atoms with Gasteiger partial charge in [-0.05, 0) is 62.8 Å². The molecule has 0 unspecified atom stereocenters. The van der Waals surface area contributed by atoms with Crippen LogP contribution in [0.15, 0.2) is 53.4 Å². The highest BCUT2D eigenvalue weighted by atomic mass is 32.2. The van der Waals surface area contributed by atoms with Crippen LogP contribution in [-0.2, 0) is 21.2 Å². The molecular weight excluding hydrogens is 412 g/mol. The fourth-order valence-corrected chi connectivity index (χ4v) is 5.65. The first-order valence-electron chi connectivity index (χ1n) is 10.8. The number of piperidine rings is 1. The molecule has 0 saturated carbocycles. The highest BCUT2D eigenvalue weighted by Gasteiger charge is 2.34. The van der Waals surface area contributed by atoms with Gasteiger partial charge in [0.25, 0.3) is 0 Å². The number of amides is 1. The minimum atomic E-state index is -3.66. The average Bonchev–Trinajstić information content (AvgIpc) is 2.78. The summed E-state index contributed by atoms with van der Waals surface area (Å²) < 4.78 is 33.0. The molecule has 1 amide bonds. The summed E-state index contributed by atoms with van der Waals surface area (Å²) in [4.78, 5) is 12.9. The Kier molecular flexibility index (Phi) is 7.73. The lowest BCUT2D eigenvalue weighted by Crippen LogP contribution is -2.44. The Morgan fingerprint density at radius 3 is 2.48 bits per heavy atom. The van der Waals surface area contributed by atoms with E-state index in [0.717, 1.165) is 18.4 Å². The lowest BCUT2D eigenvalue weighted by atomic mass is 9.96. The number of hydrogen-bond acceptors (Lipinski definition) is 4. The van der Waals surface area contributed by atoms with Crippen LogP contribution in [0.2, 0.25) is 0 Å². The van der Waals surface area contributed by atoms with Gasteiger partial charge < -0.3 is 10.1 Å². The topological polar surface area (TPSA) is 75.7 Å². The second kappa shape index (κ2) is 10.3. The maximum absolute atomic E-state index is 13.1. The van der Waals surface area contributed by atoms with Crippen LogP contribution in [0, 0.1) is 12.8 Å². The minimum Gasteiger partial charge on any atom is -0.495 e. The number of sulfonamides is 1. The third-order valence-corrected chi connectivity index (χ3v) is 7.78. The monoisotopic (exact) mass is 444 g/mol. The van der Waals surface area contributed by atoms with Gasteiger partial charge >= 0.3 is 0 Å². The van der Waals surface area contributed by atoms with Crippen LogP contribution in [0.3, 0.4) is 0 Å². The Balaban J connectivity index is 1.54. The predicted octanol–water partition coefficient (Wildman–Crippen LogP) is 3.54. The number of nitrogens with zero attached hydrogens (tertiary/aromatic N) is 1. The lowest BCUT2D eigenvalue weighted by Gasteiger charge is -2.31. The van der Waals surface area contributed by atoms with Crippen molar-refractivity contribution < 1.29 is 17.9 Å².